The molecule has 0 amide bonds. The van der Waals surface area contributed by atoms with Gasteiger partial charge in [0.2, 0.25) is 0 Å². The number of hydrogen-bond acceptors (Lipinski definition) is 5. The van der Waals surface area contributed by atoms with E-state index in [0.717, 1.165) is 0 Å². The van der Waals surface area contributed by atoms with Gasteiger partial charge in [-0.15, -0.1) is 0 Å². The summed E-state index contributed by atoms with van der Waals surface area (Å²) in [4.78, 5) is 22.3. The van der Waals surface area contributed by atoms with Gasteiger partial charge in [-0.2, -0.15) is 5.26 Å². The summed E-state index contributed by atoms with van der Waals surface area (Å²) < 4.78 is 9.09. The second-order valence-electron chi connectivity index (χ2n) is 2.80. The standard InChI is InChI=1S/C11H9NO4/c1-15-10(13)8-2-4-9(5-3-8)11(14)16-7-6-12/h2-5H,7H2,1H3. The summed E-state index contributed by atoms with van der Waals surface area (Å²) in [5.41, 5.74) is 0.627. The minimum Gasteiger partial charge on any atom is -0.465 e. The Labute approximate surface area is 92.2 Å². The van der Waals surface area contributed by atoms with Gasteiger partial charge in [-0.1, -0.05) is 0 Å². The van der Waals surface area contributed by atoms with Gasteiger partial charge in [0.15, 0.2) is 6.61 Å². The molecule has 0 aliphatic heterocycles. The second kappa shape index (κ2) is 5.51. The second-order valence-corrected chi connectivity index (χ2v) is 2.80. The lowest BCUT2D eigenvalue weighted by Gasteiger charge is -2.01. The summed E-state index contributed by atoms with van der Waals surface area (Å²) >= 11 is 0. The molecule has 1 aromatic rings. The minimum absolute atomic E-state index is 0.280. The van der Waals surface area contributed by atoms with Crippen molar-refractivity contribution >= 4 is 11.9 Å². The molecular formula is C11H9NO4. The number of ether oxygens (including phenoxy) is 2. The van der Waals surface area contributed by atoms with Crippen molar-refractivity contribution in [2.75, 3.05) is 13.7 Å². The first kappa shape index (κ1) is 11.7. The minimum atomic E-state index is -0.599. The molecule has 0 radical (unpaired) electrons. The Balaban J connectivity index is 2.75. The zero-order valence-corrected chi connectivity index (χ0v) is 8.60. The maximum atomic E-state index is 11.3. The van der Waals surface area contributed by atoms with E-state index in [1.807, 2.05) is 0 Å². The van der Waals surface area contributed by atoms with Gasteiger partial charge >= 0.3 is 11.9 Å². The van der Waals surface area contributed by atoms with Crippen LogP contribution in [-0.2, 0) is 9.47 Å². The quantitative estimate of drug-likeness (QED) is 0.713. The lowest BCUT2D eigenvalue weighted by molar-refractivity contribution is 0.0551. The lowest BCUT2D eigenvalue weighted by Crippen LogP contribution is -2.06. The van der Waals surface area contributed by atoms with Crippen LogP contribution in [0.4, 0.5) is 0 Å². The molecule has 0 aliphatic carbocycles. The number of esters is 2. The Hall–Kier alpha value is -2.35. The van der Waals surface area contributed by atoms with E-state index < -0.39 is 11.9 Å². The molecule has 0 saturated carbocycles. The third-order valence-corrected chi connectivity index (χ3v) is 1.81. The number of hydrogen-bond donors (Lipinski definition) is 0. The maximum absolute atomic E-state index is 11.3. The molecule has 0 bridgehead atoms. The summed E-state index contributed by atoms with van der Waals surface area (Å²) in [5.74, 6) is -1.07. The summed E-state index contributed by atoms with van der Waals surface area (Å²) in [7, 11) is 1.28. The molecule has 0 heterocycles. The highest BCUT2D eigenvalue weighted by Crippen LogP contribution is 2.06. The highest BCUT2D eigenvalue weighted by Gasteiger charge is 2.09. The Morgan fingerprint density at radius 1 is 1.19 bits per heavy atom. The molecule has 5 nitrogen and oxygen atoms in total. The number of carbonyl (C=O) groups excluding carboxylic acids is 2. The van der Waals surface area contributed by atoms with Crippen molar-refractivity contribution in [1.82, 2.24) is 0 Å². The molecule has 0 N–H and O–H groups in total. The monoisotopic (exact) mass is 219 g/mol. The molecular weight excluding hydrogens is 210 g/mol. The molecule has 0 aliphatic rings. The van der Waals surface area contributed by atoms with Crippen LogP contribution in [0.2, 0.25) is 0 Å². The number of benzene rings is 1. The Morgan fingerprint density at radius 3 is 2.12 bits per heavy atom. The van der Waals surface area contributed by atoms with Gasteiger partial charge < -0.3 is 9.47 Å². The topological polar surface area (TPSA) is 76.4 Å². The lowest BCUT2D eigenvalue weighted by atomic mass is 10.1. The molecule has 1 aromatic carbocycles. The summed E-state index contributed by atoms with van der Waals surface area (Å²) in [6, 6.07) is 7.47. The van der Waals surface area contributed by atoms with Crippen LogP contribution >= 0.6 is 0 Å². The Kier molecular flexibility index (Phi) is 4.04. The molecule has 0 fully saturated rings. The normalized spacial score (nSPS) is 9.00. The average Bonchev–Trinajstić information content (AvgIpc) is 2.35. The van der Waals surface area contributed by atoms with Crippen LogP contribution in [0, 0.1) is 11.3 Å². The summed E-state index contributed by atoms with van der Waals surface area (Å²) in [5, 5.41) is 8.22. The molecule has 0 atom stereocenters. The number of rotatable bonds is 3. The fraction of sp³-hybridized carbons (Fsp3) is 0.182. The van der Waals surface area contributed by atoms with Crippen LogP contribution in [0.15, 0.2) is 24.3 Å². The fourth-order valence-electron chi connectivity index (χ4n) is 1.04. The van der Waals surface area contributed by atoms with Crippen molar-refractivity contribution in [2.24, 2.45) is 0 Å². The predicted octanol–water partition coefficient (Wildman–Crippen LogP) is 1.15. The van der Waals surface area contributed by atoms with E-state index in [-0.39, 0.29) is 12.2 Å². The van der Waals surface area contributed by atoms with Crippen LogP contribution in [-0.4, -0.2) is 25.7 Å². The molecule has 82 valence electrons. The molecule has 1 rings (SSSR count). The van der Waals surface area contributed by atoms with Crippen molar-refractivity contribution in [3.05, 3.63) is 35.4 Å². The van der Waals surface area contributed by atoms with Gasteiger partial charge in [0.1, 0.15) is 6.07 Å². The van der Waals surface area contributed by atoms with Crippen LogP contribution in [0.3, 0.4) is 0 Å². The van der Waals surface area contributed by atoms with Gasteiger partial charge in [0.25, 0.3) is 0 Å². The zero-order chi connectivity index (χ0) is 12.0. The van der Waals surface area contributed by atoms with E-state index in [2.05, 4.69) is 9.47 Å². The van der Waals surface area contributed by atoms with Gasteiger partial charge in [0, 0.05) is 0 Å². The zero-order valence-electron chi connectivity index (χ0n) is 8.60. The van der Waals surface area contributed by atoms with Crippen molar-refractivity contribution in [2.45, 2.75) is 0 Å². The first-order chi connectivity index (χ1) is 7.69. The first-order valence-corrected chi connectivity index (χ1v) is 4.41. The van der Waals surface area contributed by atoms with Gasteiger partial charge in [-0.05, 0) is 24.3 Å². The van der Waals surface area contributed by atoms with E-state index in [9.17, 15) is 9.59 Å². The van der Waals surface area contributed by atoms with Crippen molar-refractivity contribution in [1.29, 1.82) is 5.26 Å². The van der Waals surface area contributed by atoms with E-state index in [4.69, 9.17) is 5.26 Å². The van der Waals surface area contributed by atoms with E-state index in [1.54, 1.807) is 6.07 Å². The fourth-order valence-corrected chi connectivity index (χ4v) is 1.04. The predicted molar refractivity (Wildman–Crippen MR) is 53.7 cm³/mol. The number of nitriles is 1. The van der Waals surface area contributed by atoms with E-state index >= 15 is 0 Å². The third kappa shape index (κ3) is 2.82. The maximum Gasteiger partial charge on any atom is 0.339 e. The van der Waals surface area contributed by atoms with Gasteiger partial charge in [0.05, 0.1) is 18.2 Å². The van der Waals surface area contributed by atoms with Crippen LogP contribution in [0.1, 0.15) is 20.7 Å². The van der Waals surface area contributed by atoms with Crippen LogP contribution in [0.5, 0.6) is 0 Å². The average molecular weight is 219 g/mol. The van der Waals surface area contributed by atoms with Crippen LogP contribution in [0.25, 0.3) is 0 Å². The molecule has 5 heteroatoms. The third-order valence-electron chi connectivity index (χ3n) is 1.81. The largest absolute Gasteiger partial charge is 0.465 e. The van der Waals surface area contributed by atoms with Crippen molar-refractivity contribution < 1.29 is 19.1 Å². The van der Waals surface area contributed by atoms with Crippen molar-refractivity contribution in [3.63, 3.8) is 0 Å². The van der Waals surface area contributed by atoms with E-state index in [1.165, 1.54) is 31.4 Å². The highest BCUT2D eigenvalue weighted by atomic mass is 16.5. The van der Waals surface area contributed by atoms with Crippen molar-refractivity contribution in [3.8, 4) is 6.07 Å². The van der Waals surface area contributed by atoms with Gasteiger partial charge in [-0.25, -0.2) is 9.59 Å². The Bertz CT molecular complexity index is 430. The Morgan fingerprint density at radius 2 is 1.69 bits per heavy atom. The number of nitrogens with zero attached hydrogens (tertiary/aromatic N) is 1. The molecule has 16 heavy (non-hydrogen) atoms. The number of carbonyl (C=O) groups is 2. The summed E-state index contributed by atoms with van der Waals surface area (Å²) in [6.45, 7) is -0.294. The van der Waals surface area contributed by atoms with E-state index in [0.29, 0.717) is 5.56 Å². The molecule has 0 spiro atoms. The highest BCUT2D eigenvalue weighted by molar-refractivity contribution is 5.93. The smallest absolute Gasteiger partial charge is 0.339 e. The summed E-state index contributed by atoms with van der Waals surface area (Å²) in [6.07, 6.45) is 0. The SMILES string of the molecule is COC(=O)c1ccc(C(=O)OCC#N)cc1. The number of methoxy groups -OCH3 is 1. The molecule has 0 aromatic heterocycles. The first-order valence-electron chi connectivity index (χ1n) is 4.41. The van der Waals surface area contributed by atoms with Crippen LogP contribution < -0.4 is 0 Å². The van der Waals surface area contributed by atoms with Gasteiger partial charge in [-0.3, -0.25) is 0 Å². The molecule has 0 unspecified atom stereocenters. The molecule has 0 saturated heterocycles.